The molecule has 0 bridgehead atoms. The smallest absolute Gasteiger partial charge is 0.128 e. The largest absolute Gasteiger partial charge is 0.293 e. The number of allylic oxidation sites excluding steroid dienone is 1. The summed E-state index contributed by atoms with van der Waals surface area (Å²) in [5.41, 5.74) is 0. The molecule has 0 aromatic carbocycles. The summed E-state index contributed by atoms with van der Waals surface area (Å²) >= 11 is 0. The summed E-state index contributed by atoms with van der Waals surface area (Å²) < 4.78 is 0. The minimum absolute atomic E-state index is 0.639. The highest BCUT2D eigenvalue weighted by Crippen LogP contribution is 1.85. The van der Waals surface area contributed by atoms with Crippen molar-refractivity contribution >= 4 is 18.6 Å². The van der Waals surface area contributed by atoms with Crippen molar-refractivity contribution in [3.05, 3.63) is 12.2 Å². The van der Waals surface area contributed by atoms with E-state index in [2.05, 4.69) is 27.1 Å². The summed E-state index contributed by atoms with van der Waals surface area (Å²) in [4.78, 5) is 11.7. The van der Waals surface area contributed by atoms with Gasteiger partial charge in [-0.15, -0.1) is 0 Å². The summed E-state index contributed by atoms with van der Waals surface area (Å²) in [5, 5.41) is 0. The van der Waals surface area contributed by atoms with Crippen LogP contribution in [0.5, 0.6) is 0 Å². The second-order valence-corrected chi connectivity index (χ2v) is 2.36. The van der Waals surface area contributed by atoms with Gasteiger partial charge in [-0.05, 0) is 0 Å². The van der Waals surface area contributed by atoms with E-state index in [-0.39, 0.29) is 0 Å². The minimum atomic E-state index is 0.639. The van der Waals surface area contributed by atoms with Gasteiger partial charge in [0.05, 0.1) is 6.54 Å². The molecule has 0 aromatic heterocycles. The van der Waals surface area contributed by atoms with E-state index >= 15 is 0 Å². The van der Waals surface area contributed by atoms with Gasteiger partial charge < -0.3 is 0 Å². The Bertz CT molecular complexity index is 150. The SMILES string of the molecule is C1=CCN=CC1.C1=NCN=CC1. The third-order valence-corrected chi connectivity index (χ3v) is 1.38. The van der Waals surface area contributed by atoms with Crippen LogP contribution in [0.25, 0.3) is 0 Å². The van der Waals surface area contributed by atoms with Crippen molar-refractivity contribution < 1.29 is 0 Å². The maximum Gasteiger partial charge on any atom is 0.128 e. The highest BCUT2D eigenvalue weighted by atomic mass is 14.9. The molecule has 2 aliphatic heterocycles. The quantitative estimate of drug-likeness (QED) is 0.485. The Hall–Kier alpha value is -1.25. The molecular weight excluding hydrogens is 150 g/mol. The van der Waals surface area contributed by atoms with Gasteiger partial charge in [0.1, 0.15) is 6.67 Å². The first-order valence-corrected chi connectivity index (χ1v) is 4.10. The van der Waals surface area contributed by atoms with Gasteiger partial charge in [-0.2, -0.15) is 0 Å². The molecular formula is C9H13N3. The van der Waals surface area contributed by atoms with E-state index in [0.29, 0.717) is 6.67 Å². The van der Waals surface area contributed by atoms with Crippen molar-refractivity contribution in [2.75, 3.05) is 13.2 Å². The van der Waals surface area contributed by atoms with Gasteiger partial charge in [-0.25, -0.2) is 0 Å². The van der Waals surface area contributed by atoms with E-state index in [4.69, 9.17) is 0 Å². The number of rotatable bonds is 0. The normalized spacial score (nSPS) is 18.7. The van der Waals surface area contributed by atoms with E-state index in [1.165, 1.54) is 0 Å². The summed E-state index contributed by atoms with van der Waals surface area (Å²) in [7, 11) is 0. The van der Waals surface area contributed by atoms with Crippen molar-refractivity contribution in [2.24, 2.45) is 15.0 Å². The molecule has 2 heterocycles. The molecule has 64 valence electrons. The Morgan fingerprint density at radius 1 is 0.750 bits per heavy atom. The van der Waals surface area contributed by atoms with Gasteiger partial charge in [-0.3, -0.25) is 15.0 Å². The maximum atomic E-state index is 3.97. The van der Waals surface area contributed by atoms with Crippen LogP contribution >= 0.6 is 0 Å². The van der Waals surface area contributed by atoms with E-state index < -0.39 is 0 Å². The van der Waals surface area contributed by atoms with Gasteiger partial charge in [0.2, 0.25) is 0 Å². The fraction of sp³-hybridized carbons (Fsp3) is 0.444. The summed E-state index contributed by atoms with van der Waals surface area (Å²) in [6.07, 6.45) is 11.8. The van der Waals surface area contributed by atoms with Crippen LogP contribution in [-0.2, 0) is 0 Å². The Kier molecular flexibility index (Phi) is 4.76. The molecule has 0 radical (unpaired) electrons. The van der Waals surface area contributed by atoms with Gasteiger partial charge in [0.25, 0.3) is 0 Å². The van der Waals surface area contributed by atoms with Crippen LogP contribution in [0.15, 0.2) is 27.1 Å². The van der Waals surface area contributed by atoms with Crippen molar-refractivity contribution in [3.8, 4) is 0 Å². The lowest BCUT2D eigenvalue weighted by Gasteiger charge is -1.88. The average molecular weight is 163 g/mol. The molecule has 0 N–H and O–H groups in total. The number of hydrogen-bond donors (Lipinski definition) is 0. The number of aliphatic imine (C=N–C) groups is 3. The molecule has 12 heavy (non-hydrogen) atoms. The molecule has 2 rings (SSSR count). The fourth-order valence-corrected chi connectivity index (χ4v) is 0.800. The van der Waals surface area contributed by atoms with Crippen LogP contribution in [0.4, 0.5) is 0 Å². The summed E-state index contributed by atoms with van der Waals surface area (Å²) in [6, 6.07) is 0. The first-order valence-electron chi connectivity index (χ1n) is 4.10. The molecule has 0 aromatic rings. The van der Waals surface area contributed by atoms with Crippen molar-refractivity contribution in [1.82, 2.24) is 0 Å². The van der Waals surface area contributed by atoms with E-state index in [0.717, 1.165) is 19.4 Å². The Morgan fingerprint density at radius 3 is 1.67 bits per heavy atom. The van der Waals surface area contributed by atoms with Gasteiger partial charge in [0.15, 0.2) is 0 Å². The predicted molar refractivity (Wildman–Crippen MR) is 53.6 cm³/mol. The van der Waals surface area contributed by atoms with Crippen LogP contribution in [0, 0.1) is 0 Å². The Balaban J connectivity index is 0.000000120. The third-order valence-electron chi connectivity index (χ3n) is 1.38. The molecule has 0 amide bonds. The highest BCUT2D eigenvalue weighted by molar-refractivity contribution is 5.80. The van der Waals surface area contributed by atoms with Crippen LogP contribution in [0.3, 0.4) is 0 Å². The first-order chi connectivity index (χ1) is 6.00. The van der Waals surface area contributed by atoms with Crippen LogP contribution in [0.1, 0.15) is 12.8 Å². The molecule has 0 atom stereocenters. The molecule has 0 aliphatic carbocycles. The van der Waals surface area contributed by atoms with Gasteiger partial charge in [0, 0.05) is 31.5 Å². The average Bonchev–Trinajstić information content (AvgIpc) is 2.24. The topological polar surface area (TPSA) is 37.1 Å². The highest BCUT2D eigenvalue weighted by Gasteiger charge is 1.77. The van der Waals surface area contributed by atoms with E-state index in [1.54, 1.807) is 0 Å². The second-order valence-electron chi connectivity index (χ2n) is 2.36. The number of nitrogens with zero attached hydrogens (tertiary/aromatic N) is 3. The summed E-state index contributed by atoms with van der Waals surface area (Å²) in [5.74, 6) is 0. The van der Waals surface area contributed by atoms with Crippen molar-refractivity contribution in [3.63, 3.8) is 0 Å². The van der Waals surface area contributed by atoms with E-state index in [9.17, 15) is 0 Å². The summed E-state index contributed by atoms with van der Waals surface area (Å²) in [6.45, 7) is 1.53. The standard InChI is InChI=1S/C5H7N.C4H6N2/c1-2-4-6-5-3-1;1-2-5-4-6-3-1/h1-2,5H,3-4H2;2-3H,1,4H2. The molecule has 0 saturated heterocycles. The zero-order chi connectivity index (χ0) is 8.49. The number of dihydropyridines is 1. The lowest BCUT2D eigenvalue weighted by atomic mass is 10.3. The molecule has 3 nitrogen and oxygen atoms in total. The van der Waals surface area contributed by atoms with Crippen LogP contribution in [0.2, 0.25) is 0 Å². The van der Waals surface area contributed by atoms with Gasteiger partial charge >= 0.3 is 0 Å². The lowest BCUT2D eigenvalue weighted by molar-refractivity contribution is 1.06. The fourth-order valence-electron chi connectivity index (χ4n) is 0.800. The maximum absolute atomic E-state index is 3.97. The zero-order valence-electron chi connectivity index (χ0n) is 7.06. The monoisotopic (exact) mass is 163 g/mol. The number of hydrogen-bond acceptors (Lipinski definition) is 3. The molecule has 3 heteroatoms. The predicted octanol–water partition coefficient (Wildman–Crippen LogP) is 1.51. The molecule has 0 saturated carbocycles. The Labute approximate surface area is 72.6 Å². The van der Waals surface area contributed by atoms with Crippen LogP contribution < -0.4 is 0 Å². The molecule has 0 unspecified atom stereocenters. The molecule has 0 spiro atoms. The van der Waals surface area contributed by atoms with Crippen molar-refractivity contribution in [1.29, 1.82) is 0 Å². The lowest BCUT2D eigenvalue weighted by Crippen LogP contribution is -1.86. The van der Waals surface area contributed by atoms with Crippen molar-refractivity contribution in [2.45, 2.75) is 12.8 Å². The van der Waals surface area contributed by atoms with Crippen LogP contribution in [-0.4, -0.2) is 31.9 Å². The second kappa shape index (κ2) is 6.46. The minimum Gasteiger partial charge on any atom is -0.293 e. The first kappa shape index (κ1) is 8.84. The third kappa shape index (κ3) is 4.55. The zero-order valence-corrected chi connectivity index (χ0v) is 7.06. The van der Waals surface area contributed by atoms with Gasteiger partial charge in [-0.1, -0.05) is 12.2 Å². The van der Waals surface area contributed by atoms with E-state index in [1.807, 2.05) is 18.6 Å². The molecule has 2 aliphatic rings. The molecule has 0 fully saturated rings. The Morgan fingerprint density at radius 2 is 1.50 bits per heavy atom.